The van der Waals surface area contributed by atoms with Gasteiger partial charge < -0.3 is 24.6 Å². The van der Waals surface area contributed by atoms with Crippen LogP contribution in [0, 0.1) is 23.7 Å². The monoisotopic (exact) mass is 371 g/mol. The summed E-state index contributed by atoms with van der Waals surface area (Å²) in [7, 11) is 1.81. The normalized spacial score (nSPS) is 51.6. The highest BCUT2D eigenvalue weighted by Gasteiger charge is 2.69. The number of ether oxygens (including phenoxy) is 3. The summed E-state index contributed by atoms with van der Waals surface area (Å²) < 4.78 is 18.6. The summed E-state index contributed by atoms with van der Waals surface area (Å²) >= 11 is 0. The number of nitrogens with one attached hydrogen (secondary N) is 1. The molecule has 26 heavy (non-hydrogen) atoms. The Balaban J connectivity index is 1.58. The van der Waals surface area contributed by atoms with Gasteiger partial charge in [-0.3, -0.25) is 0 Å². The van der Waals surface area contributed by atoms with Crippen LogP contribution in [0.25, 0.3) is 0 Å². The summed E-state index contributed by atoms with van der Waals surface area (Å²) in [4.78, 5) is 11.9. The van der Waals surface area contributed by atoms with Gasteiger partial charge in [0.05, 0.1) is 12.7 Å². The number of hydrogen-bond acceptors (Lipinski definition) is 7. The second-order valence-corrected chi connectivity index (χ2v) is 8.82. The van der Waals surface area contributed by atoms with E-state index < -0.39 is 30.1 Å². The predicted molar refractivity (Wildman–Crippen MR) is 92.7 cm³/mol. The minimum absolute atomic E-state index is 0.137. The molecule has 5 rings (SSSR count). The Morgan fingerprint density at radius 3 is 2.77 bits per heavy atom. The van der Waals surface area contributed by atoms with E-state index in [1.54, 1.807) is 0 Å². The van der Waals surface area contributed by atoms with Crippen LogP contribution in [0.15, 0.2) is 0 Å². The topological polar surface area (TPSA) is 78.4 Å². The lowest BCUT2D eigenvalue weighted by Gasteiger charge is -2.60. The van der Waals surface area contributed by atoms with Gasteiger partial charge in [0, 0.05) is 24.8 Å². The zero-order valence-corrected chi connectivity index (χ0v) is 16.3. The van der Waals surface area contributed by atoms with E-state index in [4.69, 9.17) is 24.0 Å². The SMILES string of the molecule is CNCC(O)COC1O[C@@H]2O[C@]3(C)CC[C@H]4[C@H](C)CC[C@@H]([C@H]1C)[C@@]24OO3. The van der Waals surface area contributed by atoms with Crippen LogP contribution in [0.3, 0.4) is 0 Å². The molecule has 5 fully saturated rings. The van der Waals surface area contributed by atoms with Crippen molar-refractivity contribution < 1.29 is 29.1 Å². The number of fused-ring (bicyclic) bond motifs is 2. The van der Waals surface area contributed by atoms with Gasteiger partial charge in [-0.25, -0.2) is 9.78 Å². The molecule has 2 N–H and O–H groups in total. The molecule has 0 aromatic carbocycles. The fraction of sp³-hybridized carbons (Fsp3) is 1.00. The van der Waals surface area contributed by atoms with Gasteiger partial charge in [0.15, 0.2) is 18.2 Å². The van der Waals surface area contributed by atoms with Crippen LogP contribution in [-0.2, 0) is 24.0 Å². The molecule has 7 heteroatoms. The maximum atomic E-state index is 9.98. The molecule has 0 aromatic rings. The molecule has 2 bridgehead atoms. The predicted octanol–water partition coefficient (Wildman–Crippen LogP) is 1.79. The van der Waals surface area contributed by atoms with E-state index >= 15 is 0 Å². The third kappa shape index (κ3) is 2.92. The summed E-state index contributed by atoms with van der Waals surface area (Å²) in [6.45, 7) is 7.10. The van der Waals surface area contributed by atoms with Crippen LogP contribution in [0.1, 0.15) is 46.5 Å². The third-order valence-corrected chi connectivity index (χ3v) is 6.99. The molecule has 150 valence electrons. The third-order valence-electron chi connectivity index (χ3n) is 6.99. The van der Waals surface area contributed by atoms with Crippen LogP contribution < -0.4 is 5.32 Å². The van der Waals surface area contributed by atoms with Crippen LogP contribution in [0.2, 0.25) is 0 Å². The minimum atomic E-state index is -0.770. The molecule has 4 saturated heterocycles. The summed E-state index contributed by atoms with van der Waals surface area (Å²) in [5.41, 5.74) is -0.559. The smallest absolute Gasteiger partial charge is 0.201 e. The van der Waals surface area contributed by atoms with Crippen molar-refractivity contribution in [1.29, 1.82) is 0 Å². The van der Waals surface area contributed by atoms with Gasteiger partial charge in [-0.1, -0.05) is 13.8 Å². The highest BCUT2D eigenvalue weighted by molar-refractivity contribution is 5.09. The van der Waals surface area contributed by atoms with E-state index in [1.165, 1.54) is 6.42 Å². The number of aliphatic hydroxyl groups is 1. The standard InChI is InChI=1S/C19H33NO6/c1-11-5-6-15-12(2)16(22-10-13(21)9-20-4)23-17-19(15)14(11)7-8-18(3,24-17)25-26-19/h11-17,20-21H,5-10H2,1-4H3/t11-,12-,13?,14+,15+,16?,17-,18+,19-/m1/s1. The van der Waals surface area contributed by atoms with Gasteiger partial charge in [0.2, 0.25) is 5.79 Å². The Bertz CT molecular complexity index is 520. The fourth-order valence-corrected chi connectivity index (χ4v) is 5.56. The molecule has 0 aromatic heterocycles. The van der Waals surface area contributed by atoms with E-state index in [1.807, 2.05) is 14.0 Å². The first-order valence-corrected chi connectivity index (χ1v) is 10.0. The molecule has 4 heterocycles. The molecule has 0 amide bonds. The zero-order valence-electron chi connectivity index (χ0n) is 16.3. The summed E-state index contributed by atoms with van der Waals surface area (Å²) in [6, 6.07) is 0. The highest BCUT2D eigenvalue weighted by atomic mass is 17.3. The van der Waals surface area contributed by atoms with Gasteiger partial charge in [0.1, 0.15) is 0 Å². The molecule has 4 aliphatic heterocycles. The zero-order chi connectivity index (χ0) is 18.5. The largest absolute Gasteiger partial charge is 0.389 e. The van der Waals surface area contributed by atoms with Gasteiger partial charge in [0.25, 0.3) is 0 Å². The molecule has 7 nitrogen and oxygen atoms in total. The number of hydrogen-bond donors (Lipinski definition) is 2. The molecule has 2 unspecified atom stereocenters. The van der Waals surface area contributed by atoms with Crippen molar-refractivity contribution in [2.75, 3.05) is 20.2 Å². The lowest BCUT2D eigenvalue weighted by atomic mass is 9.58. The van der Waals surface area contributed by atoms with Gasteiger partial charge in [-0.15, -0.1) is 0 Å². The highest BCUT2D eigenvalue weighted by Crippen LogP contribution is 2.60. The van der Waals surface area contributed by atoms with Crippen LogP contribution in [0.5, 0.6) is 0 Å². The van der Waals surface area contributed by atoms with Crippen LogP contribution >= 0.6 is 0 Å². The Morgan fingerprint density at radius 1 is 1.19 bits per heavy atom. The maximum absolute atomic E-state index is 9.98. The van der Waals surface area contributed by atoms with Crippen molar-refractivity contribution in [3.05, 3.63) is 0 Å². The van der Waals surface area contributed by atoms with E-state index in [0.717, 1.165) is 19.3 Å². The molecular weight excluding hydrogens is 338 g/mol. The molecule has 1 spiro atoms. The van der Waals surface area contributed by atoms with Crippen molar-refractivity contribution in [3.63, 3.8) is 0 Å². The van der Waals surface area contributed by atoms with Crippen molar-refractivity contribution in [2.45, 2.75) is 76.5 Å². The Hall–Kier alpha value is -0.280. The molecule has 9 atom stereocenters. The Kier molecular flexibility index (Phi) is 5.10. The van der Waals surface area contributed by atoms with Crippen molar-refractivity contribution in [2.24, 2.45) is 23.7 Å². The Morgan fingerprint density at radius 2 is 2.00 bits per heavy atom. The fourth-order valence-electron chi connectivity index (χ4n) is 5.56. The van der Waals surface area contributed by atoms with Crippen LogP contribution in [-0.4, -0.2) is 55.4 Å². The summed E-state index contributed by atoms with van der Waals surface area (Å²) in [5, 5.41) is 12.9. The van der Waals surface area contributed by atoms with Crippen molar-refractivity contribution >= 4 is 0 Å². The van der Waals surface area contributed by atoms with Crippen molar-refractivity contribution in [3.8, 4) is 0 Å². The van der Waals surface area contributed by atoms with E-state index in [0.29, 0.717) is 18.4 Å². The first-order chi connectivity index (χ1) is 12.4. The summed E-state index contributed by atoms with van der Waals surface area (Å²) in [5.74, 6) is 0.518. The molecule has 0 radical (unpaired) electrons. The first-order valence-electron chi connectivity index (χ1n) is 10.0. The molecule has 5 aliphatic rings. The van der Waals surface area contributed by atoms with Gasteiger partial charge >= 0.3 is 0 Å². The lowest BCUT2D eigenvalue weighted by molar-refractivity contribution is -0.577. The average molecular weight is 371 g/mol. The van der Waals surface area contributed by atoms with Gasteiger partial charge in [-0.2, -0.15) is 0 Å². The second-order valence-electron chi connectivity index (χ2n) is 8.82. The number of aliphatic hydroxyl groups excluding tert-OH is 1. The van der Waals surface area contributed by atoms with Crippen LogP contribution in [0.4, 0.5) is 0 Å². The quantitative estimate of drug-likeness (QED) is 0.714. The lowest BCUT2D eigenvalue weighted by Crippen LogP contribution is -2.70. The second kappa shape index (κ2) is 6.95. The molecule has 1 saturated carbocycles. The number of likely N-dealkylation sites (N-methyl/N-ethyl adjacent to an activating group) is 1. The van der Waals surface area contributed by atoms with Gasteiger partial charge in [-0.05, 0) is 45.1 Å². The molecular formula is C19H33NO6. The average Bonchev–Trinajstić information content (AvgIpc) is 2.83. The van der Waals surface area contributed by atoms with E-state index in [-0.39, 0.29) is 18.4 Å². The number of rotatable bonds is 5. The van der Waals surface area contributed by atoms with E-state index in [9.17, 15) is 5.11 Å². The van der Waals surface area contributed by atoms with Crippen molar-refractivity contribution in [1.82, 2.24) is 5.32 Å². The first kappa shape index (κ1) is 19.1. The summed E-state index contributed by atoms with van der Waals surface area (Å²) in [6.07, 6.45) is 2.57. The minimum Gasteiger partial charge on any atom is -0.389 e. The van der Waals surface area contributed by atoms with E-state index in [2.05, 4.69) is 19.2 Å². The Labute approximate surface area is 155 Å². The maximum Gasteiger partial charge on any atom is 0.201 e. The molecule has 1 aliphatic carbocycles.